The SMILES string of the molecule is CCS(=O)(=O)C1CN(C(=O)Cc2ccc(OC)c(OC)c2)C1. The van der Waals surface area contributed by atoms with Gasteiger partial charge in [-0.3, -0.25) is 4.79 Å². The van der Waals surface area contributed by atoms with E-state index in [1.807, 2.05) is 0 Å². The van der Waals surface area contributed by atoms with Gasteiger partial charge in [0, 0.05) is 18.8 Å². The topological polar surface area (TPSA) is 72.9 Å². The highest BCUT2D eigenvalue weighted by atomic mass is 32.2. The Labute approximate surface area is 130 Å². The summed E-state index contributed by atoms with van der Waals surface area (Å²) >= 11 is 0. The average Bonchev–Trinajstić information content (AvgIpc) is 2.45. The zero-order chi connectivity index (χ0) is 16.3. The van der Waals surface area contributed by atoms with Crippen molar-refractivity contribution in [3.8, 4) is 11.5 Å². The van der Waals surface area contributed by atoms with Gasteiger partial charge in [-0.25, -0.2) is 8.42 Å². The van der Waals surface area contributed by atoms with Crippen LogP contribution in [0, 0.1) is 0 Å². The third-order valence-corrected chi connectivity index (χ3v) is 6.03. The summed E-state index contributed by atoms with van der Waals surface area (Å²) in [6, 6.07) is 5.32. The predicted octanol–water partition coefficient (Wildman–Crippen LogP) is 0.892. The molecule has 1 aliphatic rings. The molecule has 0 bridgehead atoms. The van der Waals surface area contributed by atoms with Gasteiger partial charge >= 0.3 is 0 Å². The zero-order valence-electron chi connectivity index (χ0n) is 13.0. The van der Waals surface area contributed by atoms with Crippen molar-refractivity contribution in [2.75, 3.05) is 33.1 Å². The highest BCUT2D eigenvalue weighted by Crippen LogP contribution is 2.28. The van der Waals surface area contributed by atoms with Crippen LogP contribution >= 0.6 is 0 Å². The number of likely N-dealkylation sites (tertiary alicyclic amines) is 1. The van der Waals surface area contributed by atoms with Crippen LogP contribution in [0.1, 0.15) is 12.5 Å². The molecule has 0 N–H and O–H groups in total. The summed E-state index contributed by atoms with van der Waals surface area (Å²) in [5.41, 5.74) is 0.810. The van der Waals surface area contributed by atoms with Crippen molar-refractivity contribution in [3.63, 3.8) is 0 Å². The monoisotopic (exact) mass is 327 g/mol. The molecule has 2 rings (SSSR count). The Morgan fingerprint density at radius 1 is 1.23 bits per heavy atom. The lowest BCUT2D eigenvalue weighted by Crippen LogP contribution is -2.57. The lowest BCUT2D eigenvalue weighted by atomic mass is 10.1. The summed E-state index contributed by atoms with van der Waals surface area (Å²) in [5, 5.41) is -0.410. The molecular weight excluding hydrogens is 306 g/mol. The van der Waals surface area contributed by atoms with Crippen molar-refractivity contribution in [1.29, 1.82) is 0 Å². The molecule has 122 valence electrons. The minimum absolute atomic E-state index is 0.0743. The van der Waals surface area contributed by atoms with Crippen LogP contribution in [0.3, 0.4) is 0 Å². The highest BCUT2D eigenvalue weighted by molar-refractivity contribution is 7.92. The van der Waals surface area contributed by atoms with Crippen molar-refractivity contribution < 1.29 is 22.7 Å². The Morgan fingerprint density at radius 3 is 2.41 bits per heavy atom. The number of ether oxygens (including phenoxy) is 2. The van der Waals surface area contributed by atoms with E-state index in [0.717, 1.165) is 5.56 Å². The number of benzene rings is 1. The Balaban J connectivity index is 1.97. The van der Waals surface area contributed by atoms with Crippen molar-refractivity contribution in [2.24, 2.45) is 0 Å². The average molecular weight is 327 g/mol. The normalized spacial score (nSPS) is 15.3. The van der Waals surface area contributed by atoms with Crippen molar-refractivity contribution in [1.82, 2.24) is 4.90 Å². The van der Waals surface area contributed by atoms with E-state index in [1.54, 1.807) is 44.2 Å². The fourth-order valence-electron chi connectivity index (χ4n) is 2.38. The third kappa shape index (κ3) is 3.35. The van der Waals surface area contributed by atoms with E-state index in [1.165, 1.54) is 0 Å². The molecule has 1 aromatic carbocycles. The van der Waals surface area contributed by atoms with Crippen molar-refractivity contribution >= 4 is 15.7 Å². The minimum atomic E-state index is -3.05. The maximum Gasteiger partial charge on any atom is 0.227 e. The van der Waals surface area contributed by atoms with E-state index >= 15 is 0 Å². The van der Waals surface area contributed by atoms with Gasteiger partial charge in [0.2, 0.25) is 5.91 Å². The lowest BCUT2D eigenvalue weighted by Gasteiger charge is -2.38. The highest BCUT2D eigenvalue weighted by Gasteiger charge is 2.38. The Bertz CT molecular complexity index is 650. The predicted molar refractivity (Wildman–Crippen MR) is 83.1 cm³/mol. The van der Waals surface area contributed by atoms with Crippen LogP contribution in [-0.4, -0.2) is 57.5 Å². The molecule has 0 radical (unpaired) electrons. The number of nitrogens with zero attached hydrogens (tertiary/aromatic N) is 1. The summed E-state index contributed by atoms with van der Waals surface area (Å²) in [4.78, 5) is 13.7. The number of carbonyl (C=O) groups is 1. The van der Waals surface area contributed by atoms with Gasteiger partial charge in [0.05, 0.1) is 25.9 Å². The van der Waals surface area contributed by atoms with E-state index < -0.39 is 15.1 Å². The van der Waals surface area contributed by atoms with E-state index in [-0.39, 0.29) is 18.1 Å². The van der Waals surface area contributed by atoms with Crippen LogP contribution in [-0.2, 0) is 21.1 Å². The second-order valence-electron chi connectivity index (χ2n) is 5.24. The summed E-state index contributed by atoms with van der Waals surface area (Å²) in [7, 11) is 0.0425. The number of hydrogen-bond donors (Lipinski definition) is 0. The van der Waals surface area contributed by atoms with Gasteiger partial charge in [0.15, 0.2) is 21.3 Å². The molecule has 1 aromatic rings. The maximum absolute atomic E-state index is 12.2. The fraction of sp³-hybridized carbons (Fsp3) is 0.533. The molecule has 1 fully saturated rings. The first kappa shape index (κ1) is 16.6. The van der Waals surface area contributed by atoms with Gasteiger partial charge in [0.25, 0.3) is 0 Å². The zero-order valence-corrected chi connectivity index (χ0v) is 13.9. The van der Waals surface area contributed by atoms with Crippen LogP contribution in [0.15, 0.2) is 18.2 Å². The molecule has 1 saturated heterocycles. The molecule has 22 heavy (non-hydrogen) atoms. The van der Waals surface area contributed by atoms with Gasteiger partial charge in [-0.05, 0) is 17.7 Å². The van der Waals surface area contributed by atoms with Crippen molar-refractivity contribution in [2.45, 2.75) is 18.6 Å². The first-order chi connectivity index (χ1) is 10.4. The maximum atomic E-state index is 12.2. The van der Waals surface area contributed by atoms with E-state index in [9.17, 15) is 13.2 Å². The third-order valence-electron chi connectivity index (χ3n) is 3.91. The van der Waals surface area contributed by atoms with Crippen LogP contribution in [0.2, 0.25) is 0 Å². The second kappa shape index (κ2) is 6.56. The Morgan fingerprint density at radius 2 is 1.86 bits per heavy atom. The number of carbonyl (C=O) groups excluding carboxylic acids is 1. The fourth-order valence-corrected chi connectivity index (χ4v) is 3.67. The number of hydrogen-bond acceptors (Lipinski definition) is 5. The number of methoxy groups -OCH3 is 2. The summed E-state index contributed by atoms with van der Waals surface area (Å²) in [5.74, 6) is 1.23. The van der Waals surface area contributed by atoms with Gasteiger partial charge in [-0.15, -0.1) is 0 Å². The molecule has 0 unspecified atom stereocenters. The summed E-state index contributed by atoms with van der Waals surface area (Å²) < 4.78 is 33.7. The molecule has 1 aliphatic heterocycles. The standard InChI is InChI=1S/C15H21NO5S/c1-4-22(18,19)12-9-16(10-12)15(17)8-11-5-6-13(20-2)14(7-11)21-3/h5-7,12H,4,8-10H2,1-3H3. The molecule has 7 heteroatoms. The largest absolute Gasteiger partial charge is 0.493 e. The van der Waals surface area contributed by atoms with Gasteiger partial charge in [-0.2, -0.15) is 0 Å². The first-order valence-electron chi connectivity index (χ1n) is 7.11. The van der Waals surface area contributed by atoms with E-state index in [4.69, 9.17) is 9.47 Å². The molecular formula is C15H21NO5S. The Kier molecular flexibility index (Phi) is 4.95. The number of amides is 1. The van der Waals surface area contributed by atoms with E-state index in [0.29, 0.717) is 24.6 Å². The number of sulfone groups is 1. The quantitative estimate of drug-likeness (QED) is 0.776. The molecule has 0 atom stereocenters. The molecule has 0 aliphatic carbocycles. The smallest absolute Gasteiger partial charge is 0.227 e. The van der Waals surface area contributed by atoms with Gasteiger partial charge in [0.1, 0.15) is 0 Å². The lowest BCUT2D eigenvalue weighted by molar-refractivity contribution is -0.133. The molecule has 6 nitrogen and oxygen atoms in total. The first-order valence-corrected chi connectivity index (χ1v) is 8.83. The van der Waals surface area contributed by atoms with Crippen LogP contribution in [0.25, 0.3) is 0 Å². The van der Waals surface area contributed by atoms with E-state index in [2.05, 4.69) is 0 Å². The molecule has 0 aromatic heterocycles. The van der Waals surface area contributed by atoms with Gasteiger partial charge < -0.3 is 14.4 Å². The summed E-state index contributed by atoms with van der Waals surface area (Å²) in [6.45, 7) is 2.22. The van der Waals surface area contributed by atoms with Crippen LogP contribution in [0.5, 0.6) is 11.5 Å². The molecule has 0 saturated carbocycles. The molecule has 1 heterocycles. The number of rotatable bonds is 6. The summed E-state index contributed by atoms with van der Waals surface area (Å²) in [6.07, 6.45) is 0.221. The minimum Gasteiger partial charge on any atom is -0.493 e. The van der Waals surface area contributed by atoms with Crippen molar-refractivity contribution in [3.05, 3.63) is 23.8 Å². The van der Waals surface area contributed by atoms with Crippen LogP contribution < -0.4 is 9.47 Å². The molecule has 0 spiro atoms. The van der Waals surface area contributed by atoms with Crippen LogP contribution in [0.4, 0.5) is 0 Å². The second-order valence-corrected chi connectivity index (χ2v) is 7.81. The molecule has 1 amide bonds. The van der Waals surface area contributed by atoms with Gasteiger partial charge in [-0.1, -0.05) is 13.0 Å². The Hall–Kier alpha value is -1.76.